The van der Waals surface area contributed by atoms with Gasteiger partial charge in [-0.15, -0.1) is 0 Å². The topological polar surface area (TPSA) is 153 Å². The van der Waals surface area contributed by atoms with Gasteiger partial charge < -0.3 is 15.6 Å². The minimum atomic E-state index is -5.00. The van der Waals surface area contributed by atoms with E-state index >= 15 is 8.78 Å². The number of carboxylic acid groups (broad SMARTS) is 1. The van der Waals surface area contributed by atoms with Gasteiger partial charge in [0.1, 0.15) is 4.75 Å². The van der Waals surface area contributed by atoms with Crippen molar-refractivity contribution in [2.75, 3.05) is 7.11 Å². The van der Waals surface area contributed by atoms with Crippen molar-refractivity contribution in [1.82, 2.24) is 14.3 Å². The Bertz CT molecular complexity index is 1530. The number of methoxy groups -OCH3 is 1. The number of sulfonamides is 1. The number of hydrogen-bond acceptors (Lipinski definition) is 7. The predicted molar refractivity (Wildman–Crippen MR) is 152 cm³/mol. The molecule has 10 nitrogen and oxygen atoms in total. The van der Waals surface area contributed by atoms with Crippen molar-refractivity contribution in [3.05, 3.63) is 48.4 Å². The number of nitrogens with two attached hydrogens (primary N) is 1. The number of carbonyl (C=O) groups excluding carboxylic acids is 1. The molecule has 1 aliphatic carbocycles. The minimum Gasteiger partial charge on any atom is -0.481 e. The highest BCUT2D eigenvalue weighted by molar-refractivity contribution is 7.91. The highest BCUT2D eigenvalue weighted by Gasteiger charge is 2.79. The van der Waals surface area contributed by atoms with Crippen LogP contribution in [0.15, 0.2) is 42.7 Å². The number of nitrogens with zero attached hydrogens (tertiary/aromatic N) is 3. The molecule has 0 aromatic carbocycles. The summed E-state index contributed by atoms with van der Waals surface area (Å²) < 4.78 is 62.9. The van der Waals surface area contributed by atoms with Crippen LogP contribution >= 0.6 is 0 Å². The van der Waals surface area contributed by atoms with E-state index in [4.69, 9.17) is 10.5 Å². The number of amides is 2. The Labute approximate surface area is 244 Å². The zero-order valence-electron chi connectivity index (χ0n) is 24.3. The number of rotatable bonds is 6. The van der Waals surface area contributed by atoms with Gasteiger partial charge in [-0.2, -0.15) is 4.31 Å². The van der Waals surface area contributed by atoms with Gasteiger partial charge >= 0.3 is 6.09 Å². The molecule has 1 saturated heterocycles. The van der Waals surface area contributed by atoms with Crippen molar-refractivity contribution in [2.24, 2.45) is 28.9 Å². The van der Waals surface area contributed by atoms with E-state index in [1.807, 2.05) is 6.07 Å². The van der Waals surface area contributed by atoms with Crippen LogP contribution in [0.1, 0.15) is 53.2 Å². The lowest BCUT2D eigenvalue weighted by atomic mass is 9.52. The Morgan fingerprint density at radius 1 is 1.24 bits per heavy atom. The SMILES string of the molecule is COc1ncccc1-c1ccc(C=C[C@H]2[C@H](C)C(F)(F)C[C@]3(CC(N)=O)[C@H]2[C@](C)(C(C)(C)C)N(C(=O)O)S3(=O)=O)nc1. The molecule has 0 unspecified atom stereocenters. The Hall–Kier alpha value is -3.61. The van der Waals surface area contributed by atoms with Crippen molar-refractivity contribution < 1.29 is 36.6 Å². The number of alkyl halides is 2. The van der Waals surface area contributed by atoms with Crippen LogP contribution in [0, 0.1) is 23.2 Å². The van der Waals surface area contributed by atoms with E-state index < -0.39 is 74.2 Å². The molecule has 2 aromatic heterocycles. The fraction of sp³-hybridized carbons (Fsp3) is 0.517. The van der Waals surface area contributed by atoms with E-state index in [-0.39, 0.29) is 0 Å². The van der Waals surface area contributed by atoms with E-state index in [1.165, 1.54) is 33.1 Å². The molecule has 0 spiro atoms. The number of pyridine rings is 2. The Morgan fingerprint density at radius 2 is 1.90 bits per heavy atom. The van der Waals surface area contributed by atoms with E-state index in [1.54, 1.807) is 51.4 Å². The lowest BCUT2D eigenvalue weighted by molar-refractivity contribution is -0.147. The summed E-state index contributed by atoms with van der Waals surface area (Å²) in [6.07, 6.45) is 2.18. The number of carbonyl (C=O) groups is 2. The fourth-order valence-electron chi connectivity index (χ4n) is 6.84. The number of halogens is 2. The highest BCUT2D eigenvalue weighted by Crippen LogP contribution is 2.67. The van der Waals surface area contributed by atoms with Gasteiger partial charge in [-0.3, -0.25) is 9.78 Å². The zero-order valence-corrected chi connectivity index (χ0v) is 25.2. The number of hydrogen-bond donors (Lipinski definition) is 2. The van der Waals surface area contributed by atoms with E-state index in [2.05, 4.69) is 9.97 Å². The summed E-state index contributed by atoms with van der Waals surface area (Å²) in [4.78, 5) is 33.5. The zero-order chi connectivity index (χ0) is 31.5. The molecule has 2 amide bonds. The summed E-state index contributed by atoms with van der Waals surface area (Å²) >= 11 is 0. The number of primary amides is 1. The van der Waals surface area contributed by atoms with Gasteiger partial charge in [0.15, 0.2) is 0 Å². The first-order valence-corrected chi connectivity index (χ1v) is 14.9. The van der Waals surface area contributed by atoms with Crippen LogP contribution in [0.3, 0.4) is 0 Å². The quantitative estimate of drug-likeness (QED) is 0.475. The first kappa shape index (κ1) is 31.3. The molecule has 1 aliphatic heterocycles. The summed E-state index contributed by atoms with van der Waals surface area (Å²) in [6.45, 7) is 7.74. The molecule has 0 radical (unpaired) electrons. The first-order valence-electron chi connectivity index (χ1n) is 13.4. The molecule has 3 heterocycles. The maximum absolute atomic E-state index is 15.8. The average Bonchev–Trinajstić information content (AvgIpc) is 3.03. The third-order valence-electron chi connectivity index (χ3n) is 9.23. The second-order valence-electron chi connectivity index (χ2n) is 12.3. The molecule has 5 atom stereocenters. The molecule has 4 rings (SSSR count). The molecule has 2 aromatic rings. The van der Waals surface area contributed by atoms with Gasteiger partial charge in [0.25, 0.3) is 5.92 Å². The van der Waals surface area contributed by atoms with Crippen LogP contribution in [0.2, 0.25) is 0 Å². The normalized spacial score (nSPS) is 30.2. The van der Waals surface area contributed by atoms with Gasteiger partial charge in [-0.1, -0.05) is 39.8 Å². The van der Waals surface area contributed by atoms with Crippen molar-refractivity contribution in [3.8, 4) is 17.0 Å². The molecule has 42 heavy (non-hydrogen) atoms. The third kappa shape index (κ3) is 4.61. The van der Waals surface area contributed by atoms with E-state index in [9.17, 15) is 23.1 Å². The molecule has 3 N–H and O–H groups in total. The molecular weight excluding hydrogens is 570 g/mol. The number of fused-ring (bicyclic) bond motifs is 1. The molecule has 2 aliphatic rings. The summed E-state index contributed by atoms with van der Waals surface area (Å²) in [5.74, 6) is -8.07. The van der Waals surface area contributed by atoms with Gasteiger partial charge in [0.05, 0.1) is 18.3 Å². The number of ether oxygens (including phenoxy) is 1. The van der Waals surface area contributed by atoms with Crippen molar-refractivity contribution in [1.29, 1.82) is 0 Å². The lowest BCUT2D eigenvalue weighted by Crippen LogP contribution is -2.63. The second kappa shape index (κ2) is 10.3. The number of aromatic nitrogens is 2. The van der Waals surface area contributed by atoms with Crippen LogP contribution in [0.5, 0.6) is 5.88 Å². The Morgan fingerprint density at radius 3 is 2.43 bits per heavy atom. The number of allylic oxidation sites excluding steroid dienone is 1. The minimum absolute atomic E-state index is 0.302. The van der Waals surface area contributed by atoms with E-state index in [0.717, 1.165) is 0 Å². The second-order valence-corrected chi connectivity index (χ2v) is 14.5. The van der Waals surface area contributed by atoms with Crippen LogP contribution in [-0.4, -0.2) is 63.1 Å². The molecule has 13 heteroatoms. The standard InChI is InChI=1S/C29H36F2N4O6S/c1-17-20(12-11-19-10-9-18(15-34-19)21-8-7-13-33-24(21)41-6)23-27(5,26(2,3)4)35(25(37)38)42(39,40)28(23,14-22(32)36)16-29(17,30)31/h7-13,15,17,20,23H,14,16H2,1-6H3,(H2,32,36)(H,37,38)/t17-,20-,23+,27+,28+/m0/s1. The van der Waals surface area contributed by atoms with Crippen molar-refractivity contribution >= 4 is 28.1 Å². The molecule has 1 saturated carbocycles. The predicted octanol–water partition coefficient (Wildman–Crippen LogP) is 4.82. The van der Waals surface area contributed by atoms with Crippen molar-refractivity contribution in [3.63, 3.8) is 0 Å². The van der Waals surface area contributed by atoms with E-state index in [0.29, 0.717) is 27.0 Å². The largest absolute Gasteiger partial charge is 0.481 e. The molecular formula is C29H36F2N4O6S. The Kier molecular flexibility index (Phi) is 7.67. The maximum atomic E-state index is 15.8. The smallest absolute Gasteiger partial charge is 0.421 e. The van der Waals surface area contributed by atoms with Crippen molar-refractivity contribution in [2.45, 2.75) is 63.7 Å². The highest BCUT2D eigenvalue weighted by atomic mass is 32.2. The lowest BCUT2D eigenvalue weighted by Gasteiger charge is -2.54. The summed E-state index contributed by atoms with van der Waals surface area (Å²) in [5, 5.41) is 10.2. The van der Waals surface area contributed by atoms with Crippen LogP contribution in [0.25, 0.3) is 17.2 Å². The summed E-state index contributed by atoms with van der Waals surface area (Å²) in [6, 6.07) is 6.98. The monoisotopic (exact) mass is 606 g/mol. The fourth-order valence-corrected chi connectivity index (χ4v) is 9.71. The first-order chi connectivity index (χ1) is 19.3. The van der Waals surface area contributed by atoms with Gasteiger partial charge in [0, 0.05) is 48.2 Å². The average molecular weight is 607 g/mol. The maximum Gasteiger partial charge on any atom is 0.421 e. The molecule has 228 valence electrons. The Balaban J connectivity index is 1.89. The third-order valence-corrected chi connectivity index (χ3v) is 11.8. The summed E-state index contributed by atoms with van der Waals surface area (Å²) in [5.41, 5.74) is 4.52. The molecule has 0 bridgehead atoms. The van der Waals surface area contributed by atoms with Crippen LogP contribution < -0.4 is 10.5 Å². The van der Waals surface area contributed by atoms with Crippen LogP contribution in [-0.2, 0) is 14.8 Å². The summed E-state index contributed by atoms with van der Waals surface area (Å²) in [7, 11) is -3.51. The van der Waals surface area contributed by atoms with Crippen LogP contribution in [0.4, 0.5) is 13.6 Å². The van der Waals surface area contributed by atoms with Gasteiger partial charge in [-0.25, -0.2) is 27.0 Å². The van der Waals surface area contributed by atoms with Gasteiger partial charge in [0.2, 0.25) is 21.8 Å². The molecule has 2 fully saturated rings. The van der Waals surface area contributed by atoms with Gasteiger partial charge in [-0.05, 0) is 42.5 Å².